The van der Waals surface area contributed by atoms with Crippen molar-refractivity contribution < 1.29 is 9.90 Å². The van der Waals surface area contributed by atoms with Crippen molar-refractivity contribution in [1.82, 2.24) is 0 Å². The molecule has 2 atom stereocenters. The molecule has 3 N–H and O–H groups in total. The summed E-state index contributed by atoms with van der Waals surface area (Å²) in [7, 11) is 0. The number of nitrogens with two attached hydrogens (primary N) is 1. The first-order valence-electron chi connectivity index (χ1n) is 5.42. The highest BCUT2D eigenvalue weighted by molar-refractivity contribution is 5.99. The molecule has 0 bridgehead atoms. The second-order valence-electron chi connectivity index (χ2n) is 4.18. The highest BCUT2D eigenvalue weighted by Gasteiger charge is 2.32. The number of anilines is 1. The number of benzene rings is 1. The number of amides is 1. The van der Waals surface area contributed by atoms with Crippen LogP contribution in [0.1, 0.15) is 12.5 Å². The number of aliphatic hydroxyl groups excluding tert-OH is 1. The summed E-state index contributed by atoms with van der Waals surface area (Å²) < 4.78 is 0. The molecule has 2 rings (SSSR count). The van der Waals surface area contributed by atoms with Crippen LogP contribution >= 0.6 is 0 Å². The van der Waals surface area contributed by atoms with Gasteiger partial charge in [0.15, 0.2) is 0 Å². The molecule has 1 aliphatic heterocycles. The standard InChI is InChI=1S/C12H16N2O2/c1-8-6-9-4-2-3-5-11(9)14(8)12(16)10(13)7-15/h2-5,8,10,15H,6-7,13H2,1H3/t8?,10-/m1/s1. The van der Waals surface area contributed by atoms with Crippen LogP contribution < -0.4 is 10.6 Å². The van der Waals surface area contributed by atoms with Gasteiger partial charge in [-0.2, -0.15) is 0 Å². The van der Waals surface area contributed by atoms with E-state index in [9.17, 15) is 4.79 Å². The molecule has 1 aromatic carbocycles. The molecule has 1 aliphatic rings. The Kier molecular flexibility index (Phi) is 2.94. The molecule has 0 radical (unpaired) electrons. The van der Waals surface area contributed by atoms with Gasteiger partial charge in [-0.15, -0.1) is 0 Å². The molecule has 86 valence electrons. The number of aliphatic hydroxyl groups is 1. The van der Waals surface area contributed by atoms with Gasteiger partial charge in [0.1, 0.15) is 6.04 Å². The van der Waals surface area contributed by atoms with Crippen molar-refractivity contribution in [2.45, 2.75) is 25.4 Å². The fraction of sp³-hybridized carbons (Fsp3) is 0.417. The summed E-state index contributed by atoms with van der Waals surface area (Å²) in [5.74, 6) is -0.208. The first-order valence-corrected chi connectivity index (χ1v) is 5.42. The van der Waals surface area contributed by atoms with Gasteiger partial charge in [0.05, 0.1) is 6.61 Å². The molecular weight excluding hydrogens is 204 g/mol. The van der Waals surface area contributed by atoms with Gasteiger partial charge in [-0.3, -0.25) is 4.79 Å². The minimum absolute atomic E-state index is 0.113. The van der Waals surface area contributed by atoms with Crippen LogP contribution in [-0.2, 0) is 11.2 Å². The topological polar surface area (TPSA) is 66.6 Å². The highest BCUT2D eigenvalue weighted by Crippen LogP contribution is 2.31. The van der Waals surface area contributed by atoms with Gasteiger partial charge in [0.25, 0.3) is 0 Å². The molecule has 16 heavy (non-hydrogen) atoms. The zero-order chi connectivity index (χ0) is 11.7. The Bertz CT molecular complexity index is 406. The van der Waals surface area contributed by atoms with Crippen LogP contribution in [0.25, 0.3) is 0 Å². The summed E-state index contributed by atoms with van der Waals surface area (Å²) in [5.41, 5.74) is 7.66. The number of fused-ring (bicyclic) bond motifs is 1. The maximum atomic E-state index is 12.0. The smallest absolute Gasteiger partial charge is 0.246 e. The first-order chi connectivity index (χ1) is 7.65. The predicted octanol–water partition coefficient (Wildman–Crippen LogP) is 0.284. The molecule has 0 fully saturated rings. The molecule has 4 heteroatoms. The van der Waals surface area contributed by atoms with Crippen molar-refractivity contribution in [3.8, 4) is 0 Å². The summed E-state index contributed by atoms with van der Waals surface area (Å²) in [5, 5.41) is 8.93. The van der Waals surface area contributed by atoms with Crippen LogP contribution in [0.2, 0.25) is 0 Å². The van der Waals surface area contributed by atoms with Gasteiger partial charge < -0.3 is 15.7 Å². The number of para-hydroxylation sites is 1. The largest absolute Gasteiger partial charge is 0.394 e. The molecule has 0 aliphatic carbocycles. The third-order valence-electron chi connectivity index (χ3n) is 2.96. The van der Waals surface area contributed by atoms with Crippen molar-refractivity contribution in [2.24, 2.45) is 5.73 Å². The average molecular weight is 220 g/mol. The molecule has 1 unspecified atom stereocenters. The van der Waals surface area contributed by atoms with Gasteiger partial charge >= 0.3 is 0 Å². The van der Waals surface area contributed by atoms with E-state index < -0.39 is 6.04 Å². The molecular formula is C12H16N2O2. The Labute approximate surface area is 94.7 Å². The minimum Gasteiger partial charge on any atom is -0.394 e. The maximum absolute atomic E-state index is 12.0. The number of nitrogens with zero attached hydrogens (tertiary/aromatic N) is 1. The van der Waals surface area contributed by atoms with E-state index in [0.29, 0.717) is 0 Å². The Morgan fingerprint density at radius 1 is 1.62 bits per heavy atom. The monoisotopic (exact) mass is 220 g/mol. The van der Waals surface area contributed by atoms with Crippen molar-refractivity contribution in [2.75, 3.05) is 11.5 Å². The van der Waals surface area contributed by atoms with Crippen LogP contribution in [-0.4, -0.2) is 29.7 Å². The summed E-state index contributed by atoms with van der Waals surface area (Å²) in [6, 6.07) is 7.09. The summed E-state index contributed by atoms with van der Waals surface area (Å²) in [4.78, 5) is 13.7. The van der Waals surface area contributed by atoms with Crippen molar-refractivity contribution in [3.63, 3.8) is 0 Å². The van der Waals surface area contributed by atoms with Gasteiger partial charge in [-0.05, 0) is 25.0 Å². The Morgan fingerprint density at radius 3 is 3.00 bits per heavy atom. The zero-order valence-electron chi connectivity index (χ0n) is 9.26. The van der Waals surface area contributed by atoms with Crippen LogP contribution in [0.4, 0.5) is 5.69 Å². The van der Waals surface area contributed by atoms with Crippen molar-refractivity contribution in [1.29, 1.82) is 0 Å². The molecule has 0 saturated heterocycles. The quantitative estimate of drug-likeness (QED) is 0.752. The van der Waals surface area contributed by atoms with E-state index in [1.54, 1.807) is 4.90 Å². The van der Waals surface area contributed by atoms with E-state index in [2.05, 4.69) is 0 Å². The molecule has 4 nitrogen and oxygen atoms in total. The van der Waals surface area contributed by atoms with E-state index >= 15 is 0 Å². The first kappa shape index (κ1) is 11.1. The number of hydrogen-bond acceptors (Lipinski definition) is 3. The molecule has 1 aromatic rings. The molecule has 1 heterocycles. The van der Waals surface area contributed by atoms with E-state index in [1.807, 2.05) is 31.2 Å². The lowest BCUT2D eigenvalue weighted by atomic mass is 10.1. The number of hydrogen-bond donors (Lipinski definition) is 2. The third-order valence-corrected chi connectivity index (χ3v) is 2.96. The van der Waals surface area contributed by atoms with Gasteiger partial charge in [-0.25, -0.2) is 0 Å². The molecule has 0 aromatic heterocycles. The predicted molar refractivity (Wildman–Crippen MR) is 62.2 cm³/mol. The zero-order valence-corrected chi connectivity index (χ0v) is 9.26. The second kappa shape index (κ2) is 4.23. The normalized spacial score (nSPS) is 20.7. The SMILES string of the molecule is CC1Cc2ccccc2N1C(=O)[C@H](N)CO. The van der Waals surface area contributed by atoms with Crippen molar-refractivity contribution in [3.05, 3.63) is 29.8 Å². The Hall–Kier alpha value is -1.39. The molecule has 0 spiro atoms. The summed E-state index contributed by atoms with van der Waals surface area (Å²) in [6.45, 7) is 1.67. The Balaban J connectivity index is 2.32. The second-order valence-corrected chi connectivity index (χ2v) is 4.18. The van der Waals surface area contributed by atoms with Gasteiger partial charge in [-0.1, -0.05) is 18.2 Å². The van der Waals surface area contributed by atoms with Crippen LogP contribution in [0, 0.1) is 0 Å². The van der Waals surface area contributed by atoms with Crippen LogP contribution in [0.15, 0.2) is 24.3 Å². The molecule has 1 amide bonds. The fourth-order valence-corrected chi connectivity index (χ4v) is 2.16. The lowest BCUT2D eigenvalue weighted by Crippen LogP contribution is -2.48. The maximum Gasteiger partial charge on any atom is 0.246 e. The van der Waals surface area contributed by atoms with Crippen LogP contribution in [0.3, 0.4) is 0 Å². The van der Waals surface area contributed by atoms with E-state index in [-0.39, 0.29) is 18.6 Å². The highest BCUT2D eigenvalue weighted by atomic mass is 16.3. The van der Waals surface area contributed by atoms with Crippen LogP contribution in [0.5, 0.6) is 0 Å². The fourth-order valence-electron chi connectivity index (χ4n) is 2.16. The van der Waals surface area contributed by atoms with E-state index in [4.69, 9.17) is 10.8 Å². The third kappa shape index (κ3) is 1.70. The minimum atomic E-state index is -0.825. The lowest BCUT2D eigenvalue weighted by molar-refractivity contribution is -0.120. The lowest BCUT2D eigenvalue weighted by Gasteiger charge is -2.25. The average Bonchev–Trinajstić information content (AvgIpc) is 2.63. The van der Waals surface area contributed by atoms with E-state index in [1.165, 1.54) is 0 Å². The molecule has 0 saturated carbocycles. The Morgan fingerprint density at radius 2 is 2.31 bits per heavy atom. The summed E-state index contributed by atoms with van der Waals surface area (Å²) in [6.07, 6.45) is 0.847. The summed E-state index contributed by atoms with van der Waals surface area (Å²) >= 11 is 0. The number of rotatable bonds is 2. The van der Waals surface area contributed by atoms with E-state index in [0.717, 1.165) is 17.7 Å². The van der Waals surface area contributed by atoms with Gasteiger partial charge in [0.2, 0.25) is 5.91 Å². The van der Waals surface area contributed by atoms with Gasteiger partial charge in [0, 0.05) is 11.7 Å². The van der Waals surface area contributed by atoms with Crippen molar-refractivity contribution >= 4 is 11.6 Å². The number of carbonyl (C=O) groups is 1. The number of carbonyl (C=O) groups excluding carboxylic acids is 1.